The summed E-state index contributed by atoms with van der Waals surface area (Å²) in [5, 5.41) is 5.16. The topological polar surface area (TPSA) is 60.5 Å². The van der Waals surface area contributed by atoms with Gasteiger partial charge in [-0.3, -0.25) is 10.1 Å². The maximum absolute atomic E-state index is 12.3. The first kappa shape index (κ1) is 14.0. The minimum Gasteiger partial charge on any atom is -0.490 e. The van der Waals surface area contributed by atoms with E-state index in [1.807, 2.05) is 17.5 Å². The number of anilines is 1. The highest BCUT2D eigenvalue weighted by atomic mass is 32.1. The van der Waals surface area contributed by atoms with Crippen molar-refractivity contribution in [1.29, 1.82) is 0 Å². The van der Waals surface area contributed by atoms with Crippen LogP contribution in [0, 0.1) is 0 Å². The van der Waals surface area contributed by atoms with E-state index in [1.54, 1.807) is 18.3 Å². The van der Waals surface area contributed by atoms with Gasteiger partial charge in [0.05, 0.1) is 11.7 Å². The van der Waals surface area contributed by atoms with Crippen LogP contribution >= 0.6 is 11.3 Å². The first-order valence-electron chi connectivity index (χ1n) is 6.87. The molecule has 0 saturated carbocycles. The zero-order chi connectivity index (χ0) is 14.5. The highest BCUT2D eigenvalue weighted by molar-refractivity contribution is 7.13. The monoisotopic (exact) mass is 304 g/mol. The molecule has 1 atom stereocenters. The number of para-hydroxylation sites is 1. The number of carbonyl (C=O) groups excluding carboxylic acids is 1. The predicted molar refractivity (Wildman–Crippen MR) is 81.0 cm³/mol. The SMILES string of the molecule is O=C(Nc1nccs1)c1ccccc1OC[C@H]1CCCO1. The summed E-state index contributed by atoms with van der Waals surface area (Å²) >= 11 is 1.38. The molecule has 21 heavy (non-hydrogen) atoms. The van der Waals surface area contributed by atoms with Crippen molar-refractivity contribution in [3.05, 3.63) is 41.4 Å². The second-order valence-electron chi connectivity index (χ2n) is 4.73. The molecule has 2 heterocycles. The zero-order valence-electron chi connectivity index (χ0n) is 11.5. The van der Waals surface area contributed by atoms with Gasteiger partial charge in [0, 0.05) is 18.2 Å². The van der Waals surface area contributed by atoms with Crippen molar-refractivity contribution >= 4 is 22.4 Å². The minimum absolute atomic E-state index is 0.125. The molecule has 1 aromatic heterocycles. The molecule has 0 aliphatic carbocycles. The number of amides is 1. The quantitative estimate of drug-likeness (QED) is 0.922. The number of aromatic nitrogens is 1. The van der Waals surface area contributed by atoms with Gasteiger partial charge in [0.15, 0.2) is 5.13 Å². The second-order valence-corrected chi connectivity index (χ2v) is 5.63. The van der Waals surface area contributed by atoms with E-state index in [0.717, 1.165) is 19.4 Å². The molecule has 1 saturated heterocycles. The number of hydrogen-bond acceptors (Lipinski definition) is 5. The van der Waals surface area contributed by atoms with E-state index < -0.39 is 0 Å². The number of thiazole rings is 1. The van der Waals surface area contributed by atoms with Gasteiger partial charge < -0.3 is 9.47 Å². The van der Waals surface area contributed by atoms with Crippen molar-refractivity contribution < 1.29 is 14.3 Å². The van der Waals surface area contributed by atoms with Crippen LogP contribution in [0.25, 0.3) is 0 Å². The summed E-state index contributed by atoms with van der Waals surface area (Å²) < 4.78 is 11.3. The van der Waals surface area contributed by atoms with Crippen molar-refractivity contribution in [2.24, 2.45) is 0 Å². The maximum atomic E-state index is 12.3. The molecule has 1 fully saturated rings. The molecule has 0 spiro atoms. The third-order valence-corrected chi connectivity index (χ3v) is 3.92. The van der Waals surface area contributed by atoms with Crippen LogP contribution in [0.5, 0.6) is 5.75 Å². The van der Waals surface area contributed by atoms with E-state index in [9.17, 15) is 4.79 Å². The second kappa shape index (κ2) is 6.69. The van der Waals surface area contributed by atoms with Crippen molar-refractivity contribution in [2.75, 3.05) is 18.5 Å². The minimum atomic E-state index is -0.215. The van der Waals surface area contributed by atoms with Crippen molar-refractivity contribution in [3.63, 3.8) is 0 Å². The van der Waals surface area contributed by atoms with Crippen LogP contribution in [-0.2, 0) is 4.74 Å². The lowest BCUT2D eigenvalue weighted by atomic mass is 10.2. The Morgan fingerprint density at radius 2 is 2.38 bits per heavy atom. The summed E-state index contributed by atoms with van der Waals surface area (Å²) in [5.41, 5.74) is 0.505. The van der Waals surface area contributed by atoms with Gasteiger partial charge in [-0.2, -0.15) is 0 Å². The Balaban J connectivity index is 1.67. The Bertz CT molecular complexity index is 595. The Morgan fingerprint density at radius 3 is 3.14 bits per heavy atom. The largest absolute Gasteiger partial charge is 0.490 e. The van der Waals surface area contributed by atoms with E-state index in [0.29, 0.717) is 23.1 Å². The molecule has 5 nitrogen and oxygen atoms in total. The average Bonchev–Trinajstić information content (AvgIpc) is 3.18. The highest BCUT2D eigenvalue weighted by Crippen LogP contribution is 2.22. The smallest absolute Gasteiger partial charge is 0.261 e. The van der Waals surface area contributed by atoms with Gasteiger partial charge in [-0.25, -0.2) is 4.98 Å². The standard InChI is InChI=1S/C15H16N2O3S/c18-14(17-15-16-7-9-21-15)12-5-1-2-6-13(12)20-10-11-4-3-8-19-11/h1-2,5-7,9,11H,3-4,8,10H2,(H,16,17,18)/t11-/m1/s1. The molecule has 6 heteroatoms. The van der Waals surface area contributed by atoms with Crippen LogP contribution < -0.4 is 10.1 Å². The third kappa shape index (κ3) is 3.59. The molecule has 2 aromatic rings. The average molecular weight is 304 g/mol. The lowest BCUT2D eigenvalue weighted by Crippen LogP contribution is -2.19. The molecule has 110 valence electrons. The number of hydrogen-bond donors (Lipinski definition) is 1. The Kier molecular flexibility index (Phi) is 4.47. The fourth-order valence-electron chi connectivity index (χ4n) is 2.19. The summed E-state index contributed by atoms with van der Waals surface area (Å²) in [6, 6.07) is 7.21. The Labute approximate surface area is 126 Å². The zero-order valence-corrected chi connectivity index (χ0v) is 12.3. The van der Waals surface area contributed by atoms with Gasteiger partial charge in [0.25, 0.3) is 5.91 Å². The van der Waals surface area contributed by atoms with E-state index in [1.165, 1.54) is 11.3 Å². The number of rotatable bonds is 5. The van der Waals surface area contributed by atoms with Crippen molar-refractivity contribution in [2.45, 2.75) is 18.9 Å². The van der Waals surface area contributed by atoms with Crippen LogP contribution in [0.15, 0.2) is 35.8 Å². The molecular weight excluding hydrogens is 288 g/mol. The van der Waals surface area contributed by atoms with Gasteiger partial charge in [-0.05, 0) is 25.0 Å². The van der Waals surface area contributed by atoms with Crippen molar-refractivity contribution in [1.82, 2.24) is 4.98 Å². The fourth-order valence-corrected chi connectivity index (χ4v) is 2.71. The summed E-state index contributed by atoms with van der Waals surface area (Å²) in [6.07, 6.45) is 3.86. The number of ether oxygens (including phenoxy) is 2. The maximum Gasteiger partial charge on any atom is 0.261 e. The molecule has 1 N–H and O–H groups in total. The Morgan fingerprint density at radius 1 is 1.48 bits per heavy atom. The van der Waals surface area contributed by atoms with Crippen LogP contribution in [0.3, 0.4) is 0 Å². The fraction of sp³-hybridized carbons (Fsp3) is 0.333. The van der Waals surface area contributed by atoms with E-state index in [2.05, 4.69) is 10.3 Å². The first-order chi connectivity index (χ1) is 10.3. The van der Waals surface area contributed by atoms with E-state index in [4.69, 9.17) is 9.47 Å². The molecule has 1 amide bonds. The third-order valence-electron chi connectivity index (χ3n) is 3.23. The van der Waals surface area contributed by atoms with Gasteiger partial charge >= 0.3 is 0 Å². The summed E-state index contributed by atoms with van der Waals surface area (Å²) in [4.78, 5) is 16.3. The number of benzene rings is 1. The lowest BCUT2D eigenvalue weighted by Gasteiger charge is -2.14. The molecule has 0 bridgehead atoms. The molecule has 1 aliphatic heterocycles. The summed E-state index contributed by atoms with van der Waals surface area (Å²) in [6.45, 7) is 1.27. The summed E-state index contributed by atoms with van der Waals surface area (Å²) in [7, 11) is 0. The molecule has 0 radical (unpaired) electrons. The number of carbonyl (C=O) groups is 1. The predicted octanol–water partition coefficient (Wildman–Crippen LogP) is 2.95. The normalized spacial score (nSPS) is 17.6. The first-order valence-corrected chi connectivity index (χ1v) is 7.75. The van der Waals surface area contributed by atoms with Crippen LogP contribution in [0.4, 0.5) is 5.13 Å². The van der Waals surface area contributed by atoms with Gasteiger partial charge in [-0.15, -0.1) is 11.3 Å². The molecular formula is C15H16N2O3S. The van der Waals surface area contributed by atoms with Gasteiger partial charge in [-0.1, -0.05) is 12.1 Å². The van der Waals surface area contributed by atoms with E-state index in [-0.39, 0.29) is 12.0 Å². The van der Waals surface area contributed by atoms with Crippen LogP contribution in [0.2, 0.25) is 0 Å². The number of nitrogens with zero attached hydrogens (tertiary/aromatic N) is 1. The molecule has 3 rings (SSSR count). The van der Waals surface area contributed by atoms with Gasteiger partial charge in [0.2, 0.25) is 0 Å². The molecule has 1 aromatic carbocycles. The molecule has 0 unspecified atom stereocenters. The van der Waals surface area contributed by atoms with Crippen molar-refractivity contribution in [3.8, 4) is 5.75 Å². The molecule has 1 aliphatic rings. The summed E-state index contributed by atoms with van der Waals surface area (Å²) in [5.74, 6) is 0.356. The van der Waals surface area contributed by atoms with Gasteiger partial charge in [0.1, 0.15) is 12.4 Å². The van der Waals surface area contributed by atoms with Crippen LogP contribution in [-0.4, -0.2) is 30.2 Å². The Hall–Kier alpha value is -1.92. The highest BCUT2D eigenvalue weighted by Gasteiger charge is 2.18. The lowest BCUT2D eigenvalue weighted by molar-refractivity contribution is 0.0673. The number of nitrogens with one attached hydrogen (secondary N) is 1. The van der Waals surface area contributed by atoms with Crippen LogP contribution in [0.1, 0.15) is 23.2 Å². The van der Waals surface area contributed by atoms with E-state index >= 15 is 0 Å².